The molecular weight excluding hydrogens is 226 g/mol. The lowest BCUT2D eigenvalue weighted by atomic mass is 10.1. The van der Waals surface area contributed by atoms with Gasteiger partial charge in [0.25, 0.3) is 0 Å². The van der Waals surface area contributed by atoms with Crippen LogP contribution >= 0.6 is 0 Å². The number of nitrogens with zero attached hydrogens (tertiary/aromatic N) is 1. The van der Waals surface area contributed by atoms with Crippen molar-refractivity contribution < 1.29 is 9.90 Å². The van der Waals surface area contributed by atoms with Crippen molar-refractivity contribution in [1.29, 1.82) is 0 Å². The lowest BCUT2D eigenvalue weighted by Crippen LogP contribution is -2.31. The van der Waals surface area contributed by atoms with Crippen molar-refractivity contribution in [3.63, 3.8) is 0 Å². The van der Waals surface area contributed by atoms with Crippen LogP contribution in [0.25, 0.3) is 0 Å². The van der Waals surface area contributed by atoms with Gasteiger partial charge in [-0.25, -0.2) is 0 Å². The quantitative estimate of drug-likeness (QED) is 0.842. The van der Waals surface area contributed by atoms with Gasteiger partial charge in [0.15, 0.2) is 0 Å². The lowest BCUT2D eigenvalue weighted by molar-refractivity contribution is -0.141. The summed E-state index contributed by atoms with van der Waals surface area (Å²) in [7, 11) is 0. The van der Waals surface area contributed by atoms with Gasteiger partial charge in [-0.3, -0.25) is 9.69 Å². The summed E-state index contributed by atoms with van der Waals surface area (Å²) >= 11 is 0. The van der Waals surface area contributed by atoms with Gasteiger partial charge in [0.05, 0.1) is 5.92 Å². The Balaban J connectivity index is 2.67. The number of aryl methyl sites for hydroxylation is 2. The first-order chi connectivity index (χ1) is 8.43. The molecule has 0 radical (unpaired) electrons. The van der Waals surface area contributed by atoms with E-state index in [1.165, 1.54) is 16.7 Å². The van der Waals surface area contributed by atoms with Crippen LogP contribution < -0.4 is 0 Å². The summed E-state index contributed by atoms with van der Waals surface area (Å²) in [5.41, 5.74) is 3.83. The molecule has 0 aliphatic rings. The number of aliphatic carboxylic acids is 1. The fraction of sp³-hybridized carbons (Fsp3) is 0.533. The van der Waals surface area contributed by atoms with Gasteiger partial charge in [0, 0.05) is 13.1 Å². The Labute approximate surface area is 109 Å². The summed E-state index contributed by atoms with van der Waals surface area (Å²) in [6.07, 6.45) is 0. The number of benzene rings is 1. The number of carboxylic acid groups (broad SMARTS) is 1. The Kier molecular flexibility index (Phi) is 5.35. The molecule has 0 bridgehead atoms. The van der Waals surface area contributed by atoms with Gasteiger partial charge in [-0.15, -0.1) is 0 Å². The van der Waals surface area contributed by atoms with Crippen molar-refractivity contribution >= 4 is 5.97 Å². The molecule has 0 amide bonds. The van der Waals surface area contributed by atoms with E-state index in [4.69, 9.17) is 5.11 Å². The molecule has 0 saturated carbocycles. The predicted molar refractivity (Wildman–Crippen MR) is 73.7 cm³/mol. The second kappa shape index (κ2) is 6.55. The molecule has 1 rings (SSSR count). The molecule has 1 unspecified atom stereocenters. The van der Waals surface area contributed by atoms with E-state index in [1.807, 2.05) is 0 Å². The van der Waals surface area contributed by atoms with Crippen LogP contribution in [0.1, 0.15) is 30.5 Å². The van der Waals surface area contributed by atoms with Crippen LogP contribution in [0.3, 0.4) is 0 Å². The average Bonchev–Trinajstić information content (AvgIpc) is 2.32. The van der Waals surface area contributed by atoms with Crippen LogP contribution in [-0.2, 0) is 11.3 Å². The number of rotatable bonds is 6. The number of carbonyl (C=O) groups is 1. The molecule has 100 valence electrons. The maximum Gasteiger partial charge on any atom is 0.307 e. The Morgan fingerprint density at radius 1 is 1.33 bits per heavy atom. The molecule has 0 spiro atoms. The fourth-order valence-electron chi connectivity index (χ4n) is 1.93. The Morgan fingerprint density at radius 3 is 2.50 bits per heavy atom. The van der Waals surface area contributed by atoms with Crippen LogP contribution in [0.5, 0.6) is 0 Å². The molecule has 1 aromatic rings. The highest BCUT2D eigenvalue weighted by Crippen LogP contribution is 2.13. The van der Waals surface area contributed by atoms with E-state index in [9.17, 15) is 4.79 Å². The first-order valence-corrected chi connectivity index (χ1v) is 6.45. The fourth-order valence-corrected chi connectivity index (χ4v) is 1.93. The minimum absolute atomic E-state index is 0.323. The first kappa shape index (κ1) is 14.7. The molecule has 1 N–H and O–H groups in total. The normalized spacial score (nSPS) is 12.7. The molecular formula is C15H23NO2. The Bertz CT molecular complexity index is 415. The lowest BCUT2D eigenvalue weighted by Gasteiger charge is -2.22. The zero-order chi connectivity index (χ0) is 13.7. The van der Waals surface area contributed by atoms with Crippen LogP contribution in [0.2, 0.25) is 0 Å². The van der Waals surface area contributed by atoms with Crippen LogP contribution in [0, 0.1) is 19.8 Å². The summed E-state index contributed by atoms with van der Waals surface area (Å²) in [5.74, 6) is -1.05. The van der Waals surface area contributed by atoms with Gasteiger partial charge in [0.1, 0.15) is 0 Å². The van der Waals surface area contributed by atoms with Gasteiger partial charge < -0.3 is 5.11 Å². The zero-order valence-electron chi connectivity index (χ0n) is 11.7. The molecule has 1 aromatic carbocycles. The monoisotopic (exact) mass is 249 g/mol. The highest BCUT2D eigenvalue weighted by molar-refractivity contribution is 5.69. The third-order valence-corrected chi connectivity index (χ3v) is 3.38. The number of hydrogen-bond acceptors (Lipinski definition) is 2. The Morgan fingerprint density at radius 2 is 2.00 bits per heavy atom. The van der Waals surface area contributed by atoms with Gasteiger partial charge >= 0.3 is 5.97 Å². The number of hydrogen-bond donors (Lipinski definition) is 1. The highest BCUT2D eigenvalue weighted by atomic mass is 16.4. The second-order valence-electron chi connectivity index (χ2n) is 4.99. The highest BCUT2D eigenvalue weighted by Gasteiger charge is 2.15. The molecule has 3 heteroatoms. The molecule has 0 heterocycles. The van der Waals surface area contributed by atoms with Crippen molar-refractivity contribution in [2.75, 3.05) is 13.1 Å². The van der Waals surface area contributed by atoms with Crippen molar-refractivity contribution in [2.24, 2.45) is 5.92 Å². The predicted octanol–water partition coefficient (Wildman–Crippen LogP) is 2.85. The van der Waals surface area contributed by atoms with E-state index in [0.29, 0.717) is 6.54 Å². The van der Waals surface area contributed by atoms with Gasteiger partial charge in [-0.2, -0.15) is 0 Å². The van der Waals surface area contributed by atoms with E-state index in [2.05, 4.69) is 43.9 Å². The first-order valence-electron chi connectivity index (χ1n) is 6.45. The molecule has 3 nitrogen and oxygen atoms in total. The van der Waals surface area contributed by atoms with Gasteiger partial charge in [0.2, 0.25) is 0 Å². The van der Waals surface area contributed by atoms with Crippen LogP contribution in [0.4, 0.5) is 0 Å². The van der Waals surface area contributed by atoms with E-state index < -0.39 is 5.97 Å². The maximum atomic E-state index is 10.9. The third kappa shape index (κ3) is 4.15. The largest absolute Gasteiger partial charge is 0.481 e. The summed E-state index contributed by atoms with van der Waals surface area (Å²) in [6, 6.07) is 6.43. The molecule has 0 fully saturated rings. The standard InChI is InChI=1S/C15H23NO2/c1-5-16(9-13(4)15(17)18)10-14-7-6-11(2)12(3)8-14/h6-8,13H,5,9-10H2,1-4H3,(H,17,18). The summed E-state index contributed by atoms with van der Waals surface area (Å²) < 4.78 is 0. The van der Waals surface area contributed by atoms with Crippen molar-refractivity contribution in [2.45, 2.75) is 34.2 Å². The van der Waals surface area contributed by atoms with Crippen LogP contribution in [-0.4, -0.2) is 29.1 Å². The molecule has 0 aliphatic carbocycles. The van der Waals surface area contributed by atoms with Crippen molar-refractivity contribution in [3.05, 3.63) is 34.9 Å². The minimum atomic E-state index is -0.728. The third-order valence-electron chi connectivity index (χ3n) is 3.38. The van der Waals surface area contributed by atoms with Crippen molar-refractivity contribution in [1.82, 2.24) is 4.90 Å². The summed E-state index contributed by atoms with van der Waals surface area (Å²) in [4.78, 5) is 13.0. The molecule has 0 aromatic heterocycles. The molecule has 0 saturated heterocycles. The molecule has 0 aliphatic heterocycles. The second-order valence-corrected chi connectivity index (χ2v) is 4.99. The van der Waals surface area contributed by atoms with E-state index in [0.717, 1.165) is 13.1 Å². The van der Waals surface area contributed by atoms with E-state index in [-0.39, 0.29) is 5.92 Å². The SMILES string of the molecule is CCN(Cc1ccc(C)c(C)c1)CC(C)C(=O)O. The zero-order valence-corrected chi connectivity index (χ0v) is 11.7. The number of carboxylic acids is 1. The summed E-state index contributed by atoms with van der Waals surface area (Å²) in [6.45, 7) is 10.3. The Hall–Kier alpha value is -1.35. The van der Waals surface area contributed by atoms with E-state index in [1.54, 1.807) is 6.92 Å². The topological polar surface area (TPSA) is 40.5 Å². The summed E-state index contributed by atoms with van der Waals surface area (Å²) in [5, 5.41) is 8.95. The average molecular weight is 249 g/mol. The van der Waals surface area contributed by atoms with E-state index >= 15 is 0 Å². The van der Waals surface area contributed by atoms with Crippen molar-refractivity contribution in [3.8, 4) is 0 Å². The molecule has 1 atom stereocenters. The van der Waals surface area contributed by atoms with Gasteiger partial charge in [-0.05, 0) is 37.1 Å². The molecule has 18 heavy (non-hydrogen) atoms. The van der Waals surface area contributed by atoms with Gasteiger partial charge in [-0.1, -0.05) is 32.0 Å². The smallest absolute Gasteiger partial charge is 0.307 e. The van der Waals surface area contributed by atoms with Crippen LogP contribution in [0.15, 0.2) is 18.2 Å². The maximum absolute atomic E-state index is 10.9. The minimum Gasteiger partial charge on any atom is -0.481 e.